The molecule has 1 fully saturated rings. The normalized spacial score (nSPS) is 19.0. The van der Waals surface area contributed by atoms with Crippen LogP contribution in [0.4, 0.5) is 0 Å². The summed E-state index contributed by atoms with van der Waals surface area (Å²) in [6, 6.07) is 9.45. The quantitative estimate of drug-likeness (QED) is 0.575. The molecule has 1 aliphatic heterocycles. The average molecular weight is 358 g/mol. The Hall–Kier alpha value is -0.820. The van der Waals surface area contributed by atoms with Gasteiger partial charge in [-0.05, 0) is 80.0 Å². The van der Waals surface area contributed by atoms with Crippen LogP contribution in [0.15, 0.2) is 24.3 Å². The first-order valence-corrected chi connectivity index (χ1v) is 10.5. The molecule has 0 N–H and O–H groups in total. The maximum Gasteiger partial charge on any atom is 0.0125 e. The number of benzene rings is 1. The van der Waals surface area contributed by atoms with Crippen LogP contribution in [0.1, 0.15) is 93.2 Å². The van der Waals surface area contributed by atoms with Crippen molar-refractivity contribution in [3.05, 3.63) is 35.4 Å². The van der Waals surface area contributed by atoms with Crippen LogP contribution < -0.4 is 0 Å². The number of hydrogen-bond donors (Lipinski definition) is 0. The zero-order valence-corrected chi connectivity index (χ0v) is 19.2. The Bertz CT molecular complexity index is 585. The van der Waals surface area contributed by atoms with Gasteiger partial charge < -0.3 is 0 Å². The van der Waals surface area contributed by atoms with Crippen LogP contribution in [-0.2, 0) is 10.8 Å². The zero-order chi connectivity index (χ0) is 20.0. The summed E-state index contributed by atoms with van der Waals surface area (Å²) in [4.78, 5) is 2.66. The highest BCUT2D eigenvalue weighted by atomic mass is 15.2. The molecule has 26 heavy (non-hydrogen) atoms. The van der Waals surface area contributed by atoms with Crippen molar-refractivity contribution in [2.24, 2.45) is 11.3 Å². The Labute approximate surface area is 163 Å². The lowest BCUT2D eigenvalue weighted by molar-refractivity contribution is 0.0159. The lowest BCUT2D eigenvalue weighted by atomic mass is 9.56. The highest BCUT2D eigenvalue weighted by molar-refractivity contribution is 5.33. The van der Waals surface area contributed by atoms with Crippen molar-refractivity contribution in [1.29, 1.82) is 0 Å². The predicted octanol–water partition coefficient (Wildman–Crippen LogP) is 6.80. The number of rotatable bonds is 3. The molecule has 148 valence electrons. The second-order valence-corrected chi connectivity index (χ2v) is 11.6. The Balaban J connectivity index is 2.19. The van der Waals surface area contributed by atoms with Gasteiger partial charge >= 0.3 is 0 Å². The van der Waals surface area contributed by atoms with Gasteiger partial charge in [0.1, 0.15) is 0 Å². The van der Waals surface area contributed by atoms with Crippen LogP contribution in [-0.4, -0.2) is 23.5 Å². The Kier molecular flexibility index (Phi) is 5.76. The first-order chi connectivity index (χ1) is 11.7. The van der Waals surface area contributed by atoms with Gasteiger partial charge in [-0.3, -0.25) is 4.90 Å². The third-order valence-corrected chi connectivity index (χ3v) is 7.55. The molecule has 1 aromatic rings. The molecule has 0 saturated carbocycles. The van der Waals surface area contributed by atoms with Crippen LogP contribution in [0, 0.1) is 11.3 Å². The number of nitrogens with zero attached hydrogens (tertiary/aromatic N) is 1. The molecule has 1 aliphatic rings. The van der Waals surface area contributed by atoms with Gasteiger partial charge in [-0.25, -0.2) is 0 Å². The van der Waals surface area contributed by atoms with E-state index in [2.05, 4.69) is 98.4 Å². The monoisotopic (exact) mass is 357 g/mol. The minimum atomic E-state index is 0.165. The topological polar surface area (TPSA) is 3.24 Å². The molecule has 1 aromatic carbocycles. The summed E-state index contributed by atoms with van der Waals surface area (Å²) in [5.74, 6) is 0.776. The van der Waals surface area contributed by atoms with Crippen molar-refractivity contribution in [2.75, 3.05) is 13.1 Å². The second-order valence-electron chi connectivity index (χ2n) is 11.6. The van der Waals surface area contributed by atoms with E-state index in [0.29, 0.717) is 5.54 Å². The third kappa shape index (κ3) is 4.19. The van der Waals surface area contributed by atoms with Gasteiger partial charge in [0.2, 0.25) is 0 Å². The Morgan fingerprint density at radius 2 is 1.12 bits per heavy atom. The lowest BCUT2D eigenvalue weighted by Gasteiger charge is -2.51. The molecule has 2 rings (SSSR count). The molecule has 0 amide bonds. The highest BCUT2D eigenvalue weighted by Crippen LogP contribution is 2.50. The van der Waals surface area contributed by atoms with Gasteiger partial charge in [0.05, 0.1) is 0 Å². The summed E-state index contributed by atoms with van der Waals surface area (Å²) in [5.41, 5.74) is 3.87. The summed E-state index contributed by atoms with van der Waals surface area (Å²) < 4.78 is 0. The fraction of sp³-hybridized carbons (Fsp3) is 0.760. The molecule has 0 radical (unpaired) electrons. The van der Waals surface area contributed by atoms with E-state index < -0.39 is 0 Å². The van der Waals surface area contributed by atoms with Gasteiger partial charge in [-0.15, -0.1) is 0 Å². The van der Waals surface area contributed by atoms with Gasteiger partial charge in [0.15, 0.2) is 0 Å². The van der Waals surface area contributed by atoms with E-state index in [1.54, 1.807) is 0 Å². The van der Waals surface area contributed by atoms with E-state index in [0.717, 1.165) is 5.92 Å². The summed E-state index contributed by atoms with van der Waals surface area (Å²) >= 11 is 0. The molecule has 0 aromatic heterocycles. The minimum absolute atomic E-state index is 0.165. The third-order valence-electron chi connectivity index (χ3n) is 7.55. The summed E-state index contributed by atoms with van der Waals surface area (Å²) in [5, 5.41) is 0. The predicted molar refractivity (Wildman–Crippen MR) is 116 cm³/mol. The molecule has 0 spiro atoms. The largest absolute Gasteiger partial charge is 0.298 e. The van der Waals surface area contributed by atoms with E-state index >= 15 is 0 Å². The first-order valence-electron chi connectivity index (χ1n) is 10.5. The van der Waals surface area contributed by atoms with Crippen LogP contribution in [0.5, 0.6) is 0 Å². The van der Waals surface area contributed by atoms with Gasteiger partial charge in [-0.1, -0.05) is 72.7 Å². The molecule has 1 heterocycles. The van der Waals surface area contributed by atoms with Crippen molar-refractivity contribution >= 4 is 0 Å². The molecule has 0 atom stereocenters. The molecule has 0 aliphatic carbocycles. The minimum Gasteiger partial charge on any atom is -0.298 e. The van der Waals surface area contributed by atoms with Gasteiger partial charge in [-0.2, -0.15) is 0 Å². The number of likely N-dealkylation sites (tertiary alicyclic amines) is 1. The van der Waals surface area contributed by atoms with Crippen molar-refractivity contribution in [2.45, 2.75) is 98.4 Å². The molecule has 1 nitrogen and oxygen atoms in total. The fourth-order valence-corrected chi connectivity index (χ4v) is 4.54. The average Bonchev–Trinajstić information content (AvgIpc) is 2.53. The van der Waals surface area contributed by atoms with E-state index in [-0.39, 0.29) is 16.2 Å². The molecular weight excluding hydrogens is 314 g/mol. The maximum atomic E-state index is 2.66. The van der Waals surface area contributed by atoms with Gasteiger partial charge in [0.25, 0.3) is 0 Å². The summed E-state index contributed by atoms with van der Waals surface area (Å²) in [7, 11) is 0. The van der Waals surface area contributed by atoms with Crippen LogP contribution in [0.25, 0.3) is 0 Å². The van der Waals surface area contributed by atoms with Crippen LogP contribution >= 0.6 is 0 Å². The van der Waals surface area contributed by atoms with E-state index in [9.17, 15) is 0 Å². The number of hydrogen-bond acceptors (Lipinski definition) is 1. The van der Waals surface area contributed by atoms with Crippen LogP contribution in [0.3, 0.4) is 0 Å². The van der Waals surface area contributed by atoms with Crippen molar-refractivity contribution in [1.82, 2.24) is 4.90 Å². The Morgan fingerprint density at radius 3 is 1.50 bits per heavy atom. The molecule has 0 unspecified atom stereocenters. The summed E-state index contributed by atoms with van der Waals surface area (Å²) in [6.07, 6.45) is 2.63. The van der Waals surface area contributed by atoms with Crippen molar-refractivity contribution in [3.63, 3.8) is 0 Å². The van der Waals surface area contributed by atoms with Gasteiger partial charge in [0, 0.05) is 5.54 Å². The lowest BCUT2D eigenvalue weighted by Crippen LogP contribution is -2.51. The fourth-order valence-electron chi connectivity index (χ4n) is 4.54. The van der Waals surface area contributed by atoms with E-state index in [4.69, 9.17) is 0 Å². The SMILES string of the molecule is CC(C)(C)c1ccc(C(C)(C)C(C)(C)C2CCN(C(C)(C)C)CC2)cc1. The van der Waals surface area contributed by atoms with E-state index in [1.165, 1.54) is 37.1 Å². The standard InChI is InChI=1S/C25H43N/c1-22(2,3)19-11-13-20(14-12-19)24(7,8)25(9,10)21-15-17-26(18-16-21)23(4,5)6/h11-14,21H,15-18H2,1-10H3. The van der Waals surface area contributed by atoms with Crippen LogP contribution in [0.2, 0.25) is 0 Å². The molecule has 1 saturated heterocycles. The number of piperidine rings is 1. The maximum absolute atomic E-state index is 2.66. The summed E-state index contributed by atoms with van der Waals surface area (Å²) in [6.45, 7) is 26.3. The van der Waals surface area contributed by atoms with Crippen molar-refractivity contribution < 1.29 is 0 Å². The Morgan fingerprint density at radius 1 is 0.692 bits per heavy atom. The molecule has 0 bridgehead atoms. The zero-order valence-electron chi connectivity index (χ0n) is 19.2. The molecular formula is C25H43N. The first kappa shape index (κ1) is 21.5. The molecule has 1 heteroatoms. The van der Waals surface area contributed by atoms with Crippen molar-refractivity contribution in [3.8, 4) is 0 Å². The second kappa shape index (κ2) is 6.97. The highest BCUT2D eigenvalue weighted by Gasteiger charge is 2.45. The van der Waals surface area contributed by atoms with E-state index in [1.807, 2.05) is 0 Å². The smallest absolute Gasteiger partial charge is 0.0125 e.